The summed E-state index contributed by atoms with van der Waals surface area (Å²) in [5, 5.41) is 6.01. The third-order valence-corrected chi connectivity index (χ3v) is 6.44. The van der Waals surface area contributed by atoms with Gasteiger partial charge in [-0.15, -0.1) is 0 Å². The van der Waals surface area contributed by atoms with Gasteiger partial charge in [-0.2, -0.15) is 11.8 Å². The number of rotatable bonds is 3. The molecule has 0 radical (unpaired) electrons. The fourth-order valence-electron chi connectivity index (χ4n) is 3.64. The molecule has 4 rings (SSSR count). The second-order valence-electron chi connectivity index (χ2n) is 6.84. The Hall–Kier alpha value is -2.46. The monoisotopic (exact) mass is 376 g/mol. The van der Waals surface area contributed by atoms with Crippen molar-refractivity contribution in [2.45, 2.75) is 18.2 Å². The average molecular weight is 377 g/mol. The molecule has 138 valence electrons. The maximum absolute atomic E-state index is 12.7. The van der Waals surface area contributed by atoms with Gasteiger partial charge < -0.3 is 10.2 Å². The summed E-state index contributed by atoms with van der Waals surface area (Å²) in [4.78, 5) is 14.7. The molecule has 3 aromatic rings. The largest absolute Gasteiger partial charge is 0.334 e. The Morgan fingerprint density at radius 3 is 2.63 bits per heavy atom. The van der Waals surface area contributed by atoms with Crippen LogP contribution in [0.3, 0.4) is 0 Å². The van der Waals surface area contributed by atoms with Crippen molar-refractivity contribution in [2.75, 3.05) is 18.8 Å². The van der Waals surface area contributed by atoms with Crippen LogP contribution in [0.5, 0.6) is 0 Å². The van der Waals surface area contributed by atoms with Crippen LogP contribution in [0, 0.1) is 0 Å². The molecule has 27 heavy (non-hydrogen) atoms. The summed E-state index contributed by atoms with van der Waals surface area (Å²) in [6.07, 6.45) is 0.996. The highest BCUT2D eigenvalue weighted by molar-refractivity contribution is 7.99. The Kier molecular flexibility index (Phi) is 5.64. The third-order valence-electron chi connectivity index (χ3n) is 5.11. The van der Waals surface area contributed by atoms with Crippen LogP contribution >= 0.6 is 11.8 Å². The minimum Gasteiger partial charge on any atom is -0.334 e. The summed E-state index contributed by atoms with van der Waals surface area (Å²) < 4.78 is 0. The normalized spacial score (nSPS) is 17.5. The van der Waals surface area contributed by atoms with Crippen LogP contribution in [-0.4, -0.2) is 29.8 Å². The Bertz CT molecular complexity index is 907. The van der Waals surface area contributed by atoms with Crippen molar-refractivity contribution in [3.8, 4) is 0 Å². The number of nitrogens with zero attached hydrogens (tertiary/aromatic N) is 1. The van der Waals surface area contributed by atoms with Gasteiger partial charge in [0.15, 0.2) is 0 Å². The van der Waals surface area contributed by atoms with Gasteiger partial charge in [-0.25, -0.2) is 4.79 Å². The molecule has 3 aromatic carbocycles. The highest BCUT2D eigenvalue weighted by Crippen LogP contribution is 2.34. The molecule has 1 saturated heterocycles. The zero-order valence-corrected chi connectivity index (χ0v) is 16.1. The zero-order chi connectivity index (χ0) is 18.5. The van der Waals surface area contributed by atoms with Crippen LogP contribution in [-0.2, 0) is 6.54 Å². The number of fused-ring (bicyclic) bond motifs is 1. The Balaban J connectivity index is 1.37. The number of hydrogen-bond donors (Lipinski definition) is 1. The molecule has 1 fully saturated rings. The number of amides is 2. The van der Waals surface area contributed by atoms with E-state index >= 15 is 0 Å². The number of carbonyl (C=O) groups is 1. The number of hydrogen-bond acceptors (Lipinski definition) is 2. The Morgan fingerprint density at radius 2 is 1.74 bits per heavy atom. The molecule has 1 N–H and O–H groups in total. The van der Waals surface area contributed by atoms with E-state index in [4.69, 9.17) is 0 Å². The SMILES string of the molecule is O=C(NCc1cccc2ccccc12)N1CCS[C@H](c2ccccc2)CC1. The zero-order valence-electron chi connectivity index (χ0n) is 15.3. The van der Waals surface area contributed by atoms with Crippen LogP contribution in [0.2, 0.25) is 0 Å². The molecule has 0 spiro atoms. The van der Waals surface area contributed by atoms with E-state index in [1.54, 1.807) is 0 Å². The number of urea groups is 1. The van der Waals surface area contributed by atoms with Crippen molar-refractivity contribution >= 4 is 28.6 Å². The van der Waals surface area contributed by atoms with Gasteiger partial charge in [-0.05, 0) is 28.3 Å². The van der Waals surface area contributed by atoms with Crippen molar-refractivity contribution in [3.05, 3.63) is 83.9 Å². The molecular weight excluding hydrogens is 352 g/mol. The number of thioether (sulfide) groups is 1. The average Bonchev–Trinajstić information content (AvgIpc) is 2.99. The summed E-state index contributed by atoms with van der Waals surface area (Å²) in [5.41, 5.74) is 2.52. The van der Waals surface area contributed by atoms with Gasteiger partial charge in [0.1, 0.15) is 0 Å². The second-order valence-corrected chi connectivity index (χ2v) is 8.15. The molecular formula is C23H24N2OS. The molecule has 1 aliphatic heterocycles. The lowest BCUT2D eigenvalue weighted by Gasteiger charge is -2.21. The molecule has 3 nitrogen and oxygen atoms in total. The molecule has 4 heteroatoms. The van der Waals surface area contributed by atoms with Gasteiger partial charge in [0.25, 0.3) is 0 Å². The lowest BCUT2D eigenvalue weighted by molar-refractivity contribution is 0.200. The summed E-state index contributed by atoms with van der Waals surface area (Å²) in [6.45, 7) is 2.16. The minimum absolute atomic E-state index is 0.0391. The molecule has 0 aromatic heterocycles. The first-order valence-electron chi connectivity index (χ1n) is 9.47. The van der Waals surface area contributed by atoms with Gasteiger partial charge in [0.2, 0.25) is 0 Å². The predicted octanol–water partition coefficient (Wildman–Crippen LogP) is 5.23. The van der Waals surface area contributed by atoms with Crippen molar-refractivity contribution in [1.29, 1.82) is 0 Å². The van der Waals surface area contributed by atoms with Crippen LogP contribution in [0.1, 0.15) is 22.8 Å². The van der Waals surface area contributed by atoms with Crippen LogP contribution in [0.25, 0.3) is 10.8 Å². The molecule has 0 aliphatic carbocycles. The lowest BCUT2D eigenvalue weighted by Crippen LogP contribution is -2.40. The Labute approximate surface area is 164 Å². The molecule has 1 heterocycles. The van der Waals surface area contributed by atoms with E-state index < -0.39 is 0 Å². The first kappa shape index (κ1) is 17.9. The molecule has 0 saturated carbocycles. The van der Waals surface area contributed by atoms with Crippen molar-refractivity contribution in [2.24, 2.45) is 0 Å². The lowest BCUT2D eigenvalue weighted by atomic mass is 10.0. The van der Waals surface area contributed by atoms with Crippen molar-refractivity contribution < 1.29 is 4.79 Å². The maximum atomic E-state index is 12.7. The molecule has 0 unspecified atom stereocenters. The van der Waals surface area contributed by atoms with Gasteiger partial charge >= 0.3 is 6.03 Å². The van der Waals surface area contributed by atoms with Crippen LogP contribution < -0.4 is 5.32 Å². The van der Waals surface area contributed by atoms with E-state index in [-0.39, 0.29) is 6.03 Å². The fraction of sp³-hybridized carbons (Fsp3) is 0.261. The standard InChI is InChI=1S/C23H24N2OS/c26-23(24-17-20-11-6-10-18-7-4-5-12-21(18)20)25-14-13-22(27-16-15-25)19-8-2-1-3-9-19/h1-12,22H,13-17H2,(H,24,26)/t22-/m0/s1. The van der Waals surface area contributed by atoms with E-state index in [0.29, 0.717) is 11.8 Å². The quantitative estimate of drug-likeness (QED) is 0.679. The highest BCUT2D eigenvalue weighted by Gasteiger charge is 2.21. The van der Waals surface area contributed by atoms with E-state index in [2.05, 4.69) is 66.0 Å². The summed E-state index contributed by atoms with van der Waals surface area (Å²) in [7, 11) is 0. The summed E-state index contributed by atoms with van der Waals surface area (Å²) >= 11 is 1.95. The minimum atomic E-state index is 0.0391. The van der Waals surface area contributed by atoms with Gasteiger partial charge in [-0.3, -0.25) is 0 Å². The van der Waals surface area contributed by atoms with Gasteiger partial charge in [0.05, 0.1) is 0 Å². The number of benzene rings is 3. The third kappa shape index (κ3) is 4.28. The van der Waals surface area contributed by atoms with Gasteiger partial charge in [0, 0.05) is 30.6 Å². The first-order valence-corrected chi connectivity index (χ1v) is 10.5. The van der Waals surface area contributed by atoms with Crippen LogP contribution in [0.4, 0.5) is 4.79 Å². The summed E-state index contributed by atoms with van der Waals surface area (Å²) in [6, 6.07) is 25.2. The topological polar surface area (TPSA) is 32.3 Å². The fourth-order valence-corrected chi connectivity index (χ4v) is 4.87. The van der Waals surface area contributed by atoms with E-state index in [1.165, 1.54) is 16.3 Å². The second kappa shape index (κ2) is 8.49. The van der Waals surface area contributed by atoms with Crippen molar-refractivity contribution in [1.82, 2.24) is 10.2 Å². The molecule has 2 amide bonds. The van der Waals surface area contributed by atoms with Crippen LogP contribution in [0.15, 0.2) is 72.8 Å². The smallest absolute Gasteiger partial charge is 0.317 e. The number of carbonyl (C=O) groups excluding carboxylic acids is 1. The molecule has 1 aliphatic rings. The maximum Gasteiger partial charge on any atom is 0.317 e. The molecule has 0 bridgehead atoms. The van der Waals surface area contributed by atoms with E-state index in [1.807, 2.05) is 28.8 Å². The first-order chi connectivity index (χ1) is 13.3. The van der Waals surface area contributed by atoms with E-state index in [9.17, 15) is 4.79 Å². The summed E-state index contributed by atoms with van der Waals surface area (Å²) in [5.74, 6) is 0.973. The van der Waals surface area contributed by atoms with Gasteiger partial charge in [-0.1, -0.05) is 72.8 Å². The predicted molar refractivity (Wildman–Crippen MR) is 114 cm³/mol. The van der Waals surface area contributed by atoms with Crippen molar-refractivity contribution in [3.63, 3.8) is 0 Å². The Morgan fingerprint density at radius 1 is 0.963 bits per heavy atom. The number of nitrogens with one attached hydrogen (secondary N) is 1. The molecule has 1 atom stereocenters. The highest BCUT2D eigenvalue weighted by atomic mass is 32.2. The van der Waals surface area contributed by atoms with E-state index in [0.717, 1.165) is 30.8 Å².